The van der Waals surface area contributed by atoms with Crippen LogP contribution in [0.4, 0.5) is 10.1 Å². The van der Waals surface area contributed by atoms with Gasteiger partial charge in [0.2, 0.25) is 0 Å². The molecule has 0 N–H and O–H groups in total. The van der Waals surface area contributed by atoms with Crippen LogP contribution < -0.4 is 4.90 Å². The molecule has 0 bridgehead atoms. The molecule has 2 saturated heterocycles. The van der Waals surface area contributed by atoms with E-state index in [0.29, 0.717) is 12.2 Å². The topological polar surface area (TPSA) is 32.8 Å². The van der Waals surface area contributed by atoms with E-state index in [1.54, 1.807) is 17.0 Å². The molecule has 4 nitrogen and oxygen atoms in total. The number of nitrogens with zero attached hydrogens (tertiary/aromatic N) is 2. The lowest BCUT2D eigenvalue weighted by molar-refractivity contribution is -0.144. The molecule has 0 saturated carbocycles. The van der Waals surface area contributed by atoms with E-state index in [1.165, 1.54) is 22.6 Å². The Balaban J connectivity index is 1.43. The fraction of sp³-hybridized carbons (Fsp3) is 0.450. The Bertz CT molecular complexity index is 799. The number of hydrogen-bond donors (Lipinski definition) is 0. The highest BCUT2D eigenvalue weighted by Crippen LogP contribution is 2.33. The van der Waals surface area contributed by atoms with E-state index in [0.717, 1.165) is 32.5 Å². The van der Waals surface area contributed by atoms with Crippen LogP contribution in [0.2, 0.25) is 0 Å². The molecule has 138 valence electrons. The van der Waals surface area contributed by atoms with Gasteiger partial charge in [0, 0.05) is 30.2 Å². The Labute approximate surface area is 157 Å². The second-order valence-electron chi connectivity index (χ2n) is 7.23. The third-order valence-electron chi connectivity index (χ3n) is 5.47. The Kier molecular flexibility index (Phi) is 4.82. The van der Waals surface area contributed by atoms with Crippen molar-refractivity contribution in [2.75, 3.05) is 31.1 Å². The lowest BCUT2D eigenvalue weighted by atomic mass is 9.89. The number of halogens is 1. The molecule has 0 radical (unpaired) electrons. The van der Waals surface area contributed by atoms with Crippen molar-refractivity contribution in [2.24, 2.45) is 0 Å². The number of carbonyl (C=O) groups excluding carboxylic acids is 1. The summed E-state index contributed by atoms with van der Waals surface area (Å²) in [6.07, 6.45) is 1.77. The van der Waals surface area contributed by atoms with Crippen LogP contribution in [0, 0.1) is 12.7 Å². The molecule has 2 aliphatic rings. The first-order valence-electron chi connectivity index (χ1n) is 9.00. The van der Waals surface area contributed by atoms with Crippen LogP contribution >= 0.6 is 11.3 Å². The lowest BCUT2D eigenvalue weighted by Gasteiger charge is -2.47. The molecule has 3 heterocycles. The van der Waals surface area contributed by atoms with Gasteiger partial charge in [0.05, 0.1) is 12.1 Å². The van der Waals surface area contributed by atoms with Gasteiger partial charge in [-0.3, -0.25) is 9.69 Å². The standard InChI is InChI=1S/C20H23FN2O2S/c1-15-5-10-26-18(15)12-22-8-6-20(7-9-22)14-23(19(24)13-25-20)17-4-2-3-16(21)11-17/h2-5,10-11H,6-9,12-14H2,1H3. The number of anilines is 1. The van der Waals surface area contributed by atoms with Gasteiger partial charge in [-0.25, -0.2) is 4.39 Å². The highest BCUT2D eigenvalue weighted by Gasteiger charge is 2.42. The second-order valence-corrected chi connectivity index (χ2v) is 8.24. The maximum Gasteiger partial charge on any atom is 0.253 e. The summed E-state index contributed by atoms with van der Waals surface area (Å²) in [4.78, 5) is 17.9. The largest absolute Gasteiger partial charge is 0.363 e. The van der Waals surface area contributed by atoms with Gasteiger partial charge in [0.1, 0.15) is 12.4 Å². The van der Waals surface area contributed by atoms with Gasteiger partial charge in [0.15, 0.2) is 0 Å². The number of ether oxygens (including phenoxy) is 1. The fourth-order valence-electron chi connectivity index (χ4n) is 3.78. The van der Waals surface area contributed by atoms with Gasteiger partial charge >= 0.3 is 0 Å². The molecule has 2 fully saturated rings. The van der Waals surface area contributed by atoms with Crippen molar-refractivity contribution in [3.63, 3.8) is 0 Å². The first kappa shape index (κ1) is 17.6. The van der Waals surface area contributed by atoms with E-state index in [9.17, 15) is 9.18 Å². The minimum Gasteiger partial charge on any atom is -0.363 e. The monoisotopic (exact) mass is 374 g/mol. The predicted molar refractivity (Wildman–Crippen MR) is 101 cm³/mol. The molecule has 1 spiro atoms. The summed E-state index contributed by atoms with van der Waals surface area (Å²) < 4.78 is 19.6. The number of likely N-dealkylation sites (tertiary alicyclic amines) is 1. The summed E-state index contributed by atoms with van der Waals surface area (Å²) >= 11 is 1.81. The maximum atomic E-state index is 13.6. The predicted octanol–water partition coefficient (Wildman–Crippen LogP) is 3.59. The van der Waals surface area contributed by atoms with Crippen molar-refractivity contribution in [1.29, 1.82) is 0 Å². The summed E-state index contributed by atoms with van der Waals surface area (Å²) in [6.45, 7) is 5.60. The van der Waals surface area contributed by atoms with Crippen molar-refractivity contribution >= 4 is 22.9 Å². The number of rotatable bonds is 3. The van der Waals surface area contributed by atoms with Crippen LogP contribution in [0.25, 0.3) is 0 Å². The Hall–Kier alpha value is -1.76. The van der Waals surface area contributed by atoms with Crippen molar-refractivity contribution in [2.45, 2.75) is 31.9 Å². The van der Waals surface area contributed by atoms with Crippen LogP contribution in [-0.2, 0) is 16.1 Å². The van der Waals surface area contributed by atoms with E-state index in [-0.39, 0.29) is 23.9 Å². The van der Waals surface area contributed by atoms with Crippen LogP contribution in [0.3, 0.4) is 0 Å². The Morgan fingerprint density at radius 1 is 1.27 bits per heavy atom. The minimum atomic E-state index is -0.322. The van der Waals surface area contributed by atoms with Gasteiger partial charge in [0.25, 0.3) is 5.91 Å². The molecule has 0 aliphatic carbocycles. The summed E-state index contributed by atoms with van der Waals surface area (Å²) in [5.41, 5.74) is 1.66. The maximum absolute atomic E-state index is 13.6. The molecule has 1 aromatic carbocycles. The average Bonchev–Trinajstić information content (AvgIpc) is 3.04. The highest BCUT2D eigenvalue weighted by molar-refractivity contribution is 7.10. The van der Waals surface area contributed by atoms with E-state index in [2.05, 4.69) is 23.3 Å². The molecule has 4 rings (SSSR count). The van der Waals surface area contributed by atoms with E-state index in [1.807, 2.05) is 11.3 Å². The molecular formula is C20H23FN2O2S. The van der Waals surface area contributed by atoms with Gasteiger partial charge in [-0.2, -0.15) is 0 Å². The molecule has 0 unspecified atom stereocenters. The normalized spacial score (nSPS) is 20.7. The quantitative estimate of drug-likeness (QED) is 0.823. The third-order valence-corrected chi connectivity index (χ3v) is 6.48. The van der Waals surface area contributed by atoms with Gasteiger partial charge < -0.3 is 9.64 Å². The molecule has 2 aliphatic heterocycles. The van der Waals surface area contributed by atoms with E-state index >= 15 is 0 Å². The number of amides is 1. The van der Waals surface area contributed by atoms with Gasteiger partial charge in [-0.1, -0.05) is 6.07 Å². The fourth-order valence-corrected chi connectivity index (χ4v) is 4.73. The third kappa shape index (κ3) is 3.54. The molecular weight excluding hydrogens is 351 g/mol. The van der Waals surface area contributed by atoms with Crippen LogP contribution in [0.15, 0.2) is 35.7 Å². The summed E-state index contributed by atoms with van der Waals surface area (Å²) in [6, 6.07) is 8.42. The lowest BCUT2D eigenvalue weighted by Crippen LogP contribution is -2.58. The van der Waals surface area contributed by atoms with Crippen molar-refractivity contribution in [1.82, 2.24) is 4.90 Å². The summed E-state index contributed by atoms with van der Waals surface area (Å²) in [5.74, 6) is -0.421. The zero-order valence-electron chi connectivity index (χ0n) is 14.9. The smallest absolute Gasteiger partial charge is 0.253 e. The molecule has 1 amide bonds. The number of benzene rings is 1. The van der Waals surface area contributed by atoms with Crippen LogP contribution in [0.5, 0.6) is 0 Å². The number of thiophene rings is 1. The highest BCUT2D eigenvalue weighted by atomic mass is 32.1. The zero-order valence-corrected chi connectivity index (χ0v) is 15.7. The number of aryl methyl sites for hydroxylation is 1. The molecule has 0 atom stereocenters. The van der Waals surface area contributed by atoms with Gasteiger partial charge in [-0.15, -0.1) is 11.3 Å². The molecule has 6 heteroatoms. The average molecular weight is 374 g/mol. The number of carbonyl (C=O) groups is 1. The first-order chi connectivity index (χ1) is 12.5. The molecule has 26 heavy (non-hydrogen) atoms. The molecule has 1 aromatic heterocycles. The minimum absolute atomic E-state index is 0.0700. The number of hydrogen-bond acceptors (Lipinski definition) is 4. The van der Waals surface area contributed by atoms with E-state index < -0.39 is 0 Å². The van der Waals surface area contributed by atoms with Crippen LogP contribution in [-0.4, -0.2) is 42.6 Å². The zero-order chi connectivity index (χ0) is 18.1. The van der Waals surface area contributed by atoms with Crippen molar-refractivity contribution in [3.05, 3.63) is 52.0 Å². The van der Waals surface area contributed by atoms with Gasteiger partial charge in [-0.05, 0) is 55.0 Å². The first-order valence-corrected chi connectivity index (χ1v) is 9.88. The summed E-state index contributed by atoms with van der Waals surface area (Å²) in [5, 5.41) is 2.14. The van der Waals surface area contributed by atoms with Crippen molar-refractivity contribution < 1.29 is 13.9 Å². The SMILES string of the molecule is Cc1ccsc1CN1CCC2(CC1)CN(c1cccc(F)c1)C(=O)CO2. The Morgan fingerprint density at radius 2 is 2.08 bits per heavy atom. The van der Waals surface area contributed by atoms with Crippen LogP contribution in [0.1, 0.15) is 23.3 Å². The van der Waals surface area contributed by atoms with E-state index in [4.69, 9.17) is 4.74 Å². The second kappa shape index (κ2) is 7.10. The Morgan fingerprint density at radius 3 is 2.77 bits per heavy atom. The number of piperidine rings is 1. The number of morpholine rings is 1. The van der Waals surface area contributed by atoms with Crippen molar-refractivity contribution in [3.8, 4) is 0 Å². The molecule has 2 aromatic rings. The summed E-state index contributed by atoms with van der Waals surface area (Å²) in [7, 11) is 0.